The molecule has 0 saturated carbocycles. The Balaban J connectivity index is 2.20. The first kappa shape index (κ1) is 12.3. The molecule has 0 saturated heterocycles. The molecule has 5 nitrogen and oxygen atoms in total. The maximum Gasteiger partial charge on any atom is 0.154 e. The molecule has 0 aliphatic rings. The molecule has 6 heteroatoms. The standard InChI is InChI=1S/C13H11BrN4O/c1-18-11(13(14)16-17-18)12(19)9-6-2-4-8-5-3-7-15-10(8)9/h2-7,12,19H,1H3. The van der Waals surface area contributed by atoms with Gasteiger partial charge in [-0.3, -0.25) is 4.98 Å². The highest BCUT2D eigenvalue weighted by atomic mass is 79.9. The van der Waals surface area contributed by atoms with Crippen molar-refractivity contribution >= 4 is 26.8 Å². The van der Waals surface area contributed by atoms with Crippen molar-refractivity contribution in [3.63, 3.8) is 0 Å². The lowest BCUT2D eigenvalue weighted by Crippen LogP contribution is -2.08. The average Bonchev–Trinajstić information content (AvgIpc) is 2.77. The average molecular weight is 319 g/mol. The number of aromatic nitrogens is 4. The summed E-state index contributed by atoms with van der Waals surface area (Å²) < 4.78 is 2.09. The van der Waals surface area contributed by atoms with Gasteiger partial charge in [0.2, 0.25) is 0 Å². The van der Waals surface area contributed by atoms with Crippen molar-refractivity contribution in [2.45, 2.75) is 6.10 Å². The lowest BCUT2D eigenvalue weighted by molar-refractivity contribution is 0.210. The van der Waals surface area contributed by atoms with Crippen LogP contribution < -0.4 is 0 Å². The molecule has 19 heavy (non-hydrogen) atoms. The van der Waals surface area contributed by atoms with Crippen LogP contribution in [-0.4, -0.2) is 25.1 Å². The van der Waals surface area contributed by atoms with E-state index in [2.05, 4.69) is 31.2 Å². The number of halogens is 1. The first-order valence-corrected chi connectivity index (χ1v) is 6.54. The number of aliphatic hydroxyl groups is 1. The summed E-state index contributed by atoms with van der Waals surface area (Å²) in [5.74, 6) is 0. The highest BCUT2D eigenvalue weighted by Gasteiger charge is 2.21. The Morgan fingerprint density at radius 2 is 2.05 bits per heavy atom. The second-order valence-electron chi connectivity index (χ2n) is 4.21. The van der Waals surface area contributed by atoms with Crippen molar-refractivity contribution in [1.82, 2.24) is 20.0 Å². The number of aliphatic hydroxyl groups excluding tert-OH is 1. The quantitative estimate of drug-likeness (QED) is 0.786. The zero-order chi connectivity index (χ0) is 13.4. The zero-order valence-electron chi connectivity index (χ0n) is 10.2. The van der Waals surface area contributed by atoms with Gasteiger partial charge in [0.05, 0.1) is 5.52 Å². The van der Waals surface area contributed by atoms with Gasteiger partial charge in [-0.1, -0.05) is 29.5 Å². The number of para-hydroxylation sites is 1. The van der Waals surface area contributed by atoms with Crippen molar-refractivity contribution in [2.24, 2.45) is 7.05 Å². The highest BCUT2D eigenvalue weighted by Crippen LogP contribution is 2.30. The van der Waals surface area contributed by atoms with Gasteiger partial charge in [0, 0.05) is 24.2 Å². The number of hydrogen-bond donors (Lipinski definition) is 1. The second kappa shape index (κ2) is 4.71. The summed E-state index contributed by atoms with van der Waals surface area (Å²) in [6.45, 7) is 0. The minimum absolute atomic E-state index is 0.537. The van der Waals surface area contributed by atoms with Crippen LogP contribution >= 0.6 is 15.9 Å². The summed E-state index contributed by atoms with van der Waals surface area (Å²) in [4.78, 5) is 4.35. The minimum atomic E-state index is -0.826. The van der Waals surface area contributed by atoms with Gasteiger partial charge in [-0.15, -0.1) is 5.10 Å². The molecule has 0 radical (unpaired) electrons. The maximum atomic E-state index is 10.6. The number of hydrogen-bond acceptors (Lipinski definition) is 4. The molecule has 1 aromatic carbocycles. The second-order valence-corrected chi connectivity index (χ2v) is 4.97. The number of fused-ring (bicyclic) bond motifs is 1. The molecule has 0 fully saturated rings. The van der Waals surface area contributed by atoms with E-state index in [1.54, 1.807) is 17.9 Å². The Morgan fingerprint density at radius 3 is 2.79 bits per heavy atom. The van der Waals surface area contributed by atoms with Crippen LogP contribution in [0.15, 0.2) is 41.1 Å². The van der Waals surface area contributed by atoms with Gasteiger partial charge >= 0.3 is 0 Å². The molecular formula is C13H11BrN4O. The van der Waals surface area contributed by atoms with Crippen LogP contribution in [0.2, 0.25) is 0 Å². The molecule has 2 aromatic heterocycles. The van der Waals surface area contributed by atoms with Crippen LogP contribution in [0.25, 0.3) is 10.9 Å². The van der Waals surface area contributed by atoms with Crippen LogP contribution in [0.1, 0.15) is 17.4 Å². The van der Waals surface area contributed by atoms with E-state index >= 15 is 0 Å². The molecular weight excluding hydrogens is 308 g/mol. The monoisotopic (exact) mass is 318 g/mol. The number of pyridine rings is 1. The van der Waals surface area contributed by atoms with E-state index in [-0.39, 0.29) is 0 Å². The van der Waals surface area contributed by atoms with Crippen molar-refractivity contribution in [3.8, 4) is 0 Å². The predicted molar refractivity (Wildman–Crippen MR) is 74.5 cm³/mol. The van der Waals surface area contributed by atoms with Gasteiger partial charge in [0.15, 0.2) is 4.60 Å². The van der Waals surface area contributed by atoms with Gasteiger partial charge in [-0.05, 0) is 22.0 Å². The number of benzene rings is 1. The molecule has 1 unspecified atom stereocenters. The third-order valence-corrected chi connectivity index (χ3v) is 3.61. The summed E-state index contributed by atoms with van der Waals surface area (Å²) in [6.07, 6.45) is 0.891. The number of aryl methyl sites for hydroxylation is 1. The van der Waals surface area contributed by atoms with Gasteiger partial charge < -0.3 is 5.11 Å². The molecule has 0 aliphatic carbocycles. The summed E-state index contributed by atoms with van der Waals surface area (Å²) >= 11 is 3.30. The smallest absolute Gasteiger partial charge is 0.154 e. The van der Waals surface area contributed by atoms with E-state index in [1.165, 1.54) is 0 Å². The Morgan fingerprint density at radius 1 is 1.26 bits per heavy atom. The van der Waals surface area contributed by atoms with E-state index in [4.69, 9.17) is 0 Å². The molecule has 2 heterocycles. The fourth-order valence-electron chi connectivity index (χ4n) is 2.12. The first-order valence-electron chi connectivity index (χ1n) is 5.75. The lowest BCUT2D eigenvalue weighted by Gasteiger charge is -2.13. The normalized spacial score (nSPS) is 12.8. The summed E-state index contributed by atoms with van der Waals surface area (Å²) in [5.41, 5.74) is 2.13. The Bertz CT molecular complexity index is 716. The molecule has 0 aliphatic heterocycles. The van der Waals surface area contributed by atoms with Crippen LogP contribution in [-0.2, 0) is 7.05 Å². The molecule has 1 atom stereocenters. The molecule has 3 aromatic rings. The van der Waals surface area contributed by atoms with Gasteiger partial charge in [0.1, 0.15) is 11.8 Å². The van der Waals surface area contributed by atoms with E-state index in [1.807, 2.05) is 30.3 Å². The van der Waals surface area contributed by atoms with Crippen molar-refractivity contribution < 1.29 is 5.11 Å². The van der Waals surface area contributed by atoms with Gasteiger partial charge in [-0.25, -0.2) is 4.68 Å². The number of nitrogens with zero attached hydrogens (tertiary/aromatic N) is 4. The number of rotatable bonds is 2. The van der Waals surface area contributed by atoms with Crippen molar-refractivity contribution in [1.29, 1.82) is 0 Å². The lowest BCUT2D eigenvalue weighted by atomic mass is 10.0. The minimum Gasteiger partial charge on any atom is -0.382 e. The van der Waals surface area contributed by atoms with Gasteiger partial charge in [-0.2, -0.15) is 0 Å². The summed E-state index contributed by atoms with van der Waals surface area (Å²) in [6, 6.07) is 9.57. The third kappa shape index (κ3) is 2.02. The molecule has 1 N–H and O–H groups in total. The van der Waals surface area contributed by atoms with Crippen LogP contribution in [0.4, 0.5) is 0 Å². The van der Waals surface area contributed by atoms with Crippen LogP contribution in [0, 0.1) is 0 Å². The van der Waals surface area contributed by atoms with E-state index < -0.39 is 6.10 Å². The van der Waals surface area contributed by atoms with Crippen molar-refractivity contribution in [2.75, 3.05) is 0 Å². The fourth-order valence-corrected chi connectivity index (χ4v) is 2.67. The van der Waals surface area contributed by atoms with E-state index in [0.717, 1.165) is 16.5 Å². The largest absolute Gasteiger partial charge is 0.382 e. The predicted octanol–water partition coefficient (Wildman–Crippen LogP) is 2.21. The van der Waals surface area contributed by atoms with Crippen LogP contribution in [0.3, 0.4) is 0 Å². The molecule has 0 spiro atoms. The highest BCUT2D eigenvalue weighted by molar-refractivity contribution is 9.10. The molecule has 0 amide bonds. The molecule has 3 rings (SSSR count). The van der Waals surface area contributed by atoms with E-state index in [9.17, 15) is 5.11 Å². The summed E-state index contributed by atoms with van der Waals surface area (Å²) in [5, 5.41) is 19.3. The Kier molecular flexibility index (Phi) is 3.04. The zero-order valence-corrected chi connectivity index (χ0v) is 11.7. The molecule has 96 valence electrons. The maximum absolute atomic E-state index is 10.6. The Labute approximate surface area is 118 Å². The van der Waals surface area contributed by atoms with Crippen LogP contribution in [0.5, 0.6) is 0 Å². The first-order chi connectivity index (χ1) is 9.18. The van der Waals surface area contributed by atoms with Crippen molar-refractivity contribution in [3.05, 3.63) is 52.4 Å². The topological polar surface area (TPSA) is 63.8 Å². The van der Waals surface area contributed by atoms with Gasteiger partial charge in [0.25, 0.3) is 0 Å². The molecule has 0 bridgehead atoms. The van der Waals surface area contributed by atoms with E-state index in [0.29, 0.717) is 10.3 Å². The Hall–Kier alpha value is -1.79. The summed E-state index contributed by atoms with van der Waals surface area (Å²) in [7, 11) is 1.74. The SMILES string of the molecule is Cn1nnc(Br)c1C(O)c1cccc2cccnc12. The third-order valence-electron chi connectivity index (χ3n) is 3.04. The fraction of sp³-hybridized carbons (Fsp3) is 0.154.